The maximum absolute atomic E-state index is 7.69. The van der Waals surface area contributed by atoms with Gasteiger partial charge in [-0.1, -0.05) is 127 Å². The number of hydrogen-bond donors (Lipinski definition) is 0. The third-order valence-corrected chi connectivity index (χ3v) is 9.69. The van der Waals surface area contributed by atoms with Gasteiger partial charge in [0.2, 0.25) is 0 Å². The number of furan rings is 1. The predicted molar refractivity (Wildman–Crippen MR) is 209 cm³/mol. The van der Waals surface area contributed by atoms with Gasteiger partial charge in [-0.3, -0.25) is 0 Å². The number of aromatic nitrogens is 4. The van der Waals surface area contributed by atoms with Crippen molar-refractivity contribution in [1.82, 2.24) is 19.5 Å². The third-order valence-electron chi connectivity index (χ3n) is 9.69. The number of rotatable bonds is 5. The fourth-order valence-electron chi connectivity index (χ4n) is 7.21. The van der Waals surface area contributed by atoms with Crippen molar-refractivity contribution in [2.75, 3.05) is 0 Å². The summed E-state index contributed by atoms with van der Waals surface area (Å²) in [5.74, 6) is 1.67. The molecule has 0 amide bonds. The molecular weight excluding hydrogens is 639 g/mol. The fraction of sp³-hybridized carbons (Fsp3) is 0. The van der Waals surface area contributed by atoms with Gasteiger partial charge in [0.25, 0.3) is 0 Å². The zero-order chi connectivity index (χ0) is 34.6. The highest BCUT2D eigenvalue weighted by Gasteiger charge is 2.18. The van der Waals surface area contributed by atoms with Gasteiger partial charge in [-0.2, -0.15) is 0 Å². The van der Waals surface area contributed by atoms with Crippen LogP contribution in [0.15, 0.2) is 168 Å². The average Bonchev–Trinajstić information content (AvgIpc) is 3.76. The Morgan fingerprint density at radius 2 is 1.02 bits per heavy atom. The number of benzene rings is 7. The first-order valence-electron chi connectivity index (χ1n) is 17.1. The molecule has 0 aliphatic heterocycles. The SMILES string of the molecule is [C-]#[N+]c1cccc2oc3cc(-c4nc(-c5ccc(-c6ccccc6)cc5)nc(-c5ccc6c7ccccc7n(-c7ccccc7)c6c5)n4)ccc3c12. The zero-order valence-electron chi connectivity index (χ0n) is 27.7. The van der Waals surface area contributed by atoms with Crippen molar-refractivity contribution in [1.29, 1.82) is 0 Å². The van der Waals surface area contributed by atoms with E-state index in [-0.39, 0.29) is 0 Å². The number of para-hydroxylation sites is 2. The van der Waals surface area contributed by atoms with Crippen LogP contribution < -0.4 is 0 Å². The van der Waals surface area contributed by atoms with E-state index in [0.717, 1.165) is 60.7 Å². The van der Waals surface area contributed by atoms with E-state index in [1.165, 1.54) is 5.39 Å². The molecule has 0 spiro atoms. The van der Waals surface area contributed by atoms with Crippen molar-refractivity contribution in [3.8, 4) is 51.0 Å². The van der Waals surface area contributed by atoms with Crippen LogP contribution in [0.5, 0.6) is 0 Å². The van der Waals surface area contributed by atoms with E-state index in [2.05, 4.69) is 113 Å². The van der Waals surface area contributed by atoms with Crippen molar-refractivity contribution in [3.63, 3.8) is 0 Å². The molecule has 0 atom stereocenters. The molecule has 0 fully saturated rings. The van der Waals surface area contributed by atoms with Crippen LogP contribution in [0.4, 0.5) is 5.69 Å². The number of fused-ring (bicyclic) bond motifs is 6. The summed E-state index contributed by atoms with van der Waals surface area (Å²) in [5, 5.41) is 4.04. The number of nitrogens with zero attached hydrogens (tertiary/aromatic N) is 5. The quantitative estimate of drug-likeness (QED) is 0.172. The second-order valence-corrected chi connectivity index (χ2v) is 12.7. The molecule has 6 heteroatoms. The van der Waals surface area contributed by atoms with Crippen LogP contribution in [0.2, 0.25) is 0 Å². The summed E-state index contributed by atoms with van der Waals surface area (Å²) in [5.41, 5.74) is 10.0. The molecule has 0 bridgehead atoms. The standard InChI is InChI=1S/C46H27N5O/c1-47-38-16-10-18-41-43(38)37-26-24-33(28-42(37)52-41)46-49-44(31-21-19-30(20-22-31)29-11-4-2-5-12-29)48-45(50-46)32-23-25-36-35-15-8-9-17-39(35)51(40(36)27-32)34-13-6-3-7-14-34/h2-28H. The first kappa shape index (κ1) is 29.5. The largest absolute Gasteiger partial charge is 0.457 e. The topological polar surface area (TPSA) is 61.1 Å². The fourth-order valence-corrected chi connectivity index (χ4v) is 7.21. The second kappa shape index (κ2) is 11.9. The molecule has 0 saturated carbocycles. The molecule has 6 nitrogen and oxygen atoms in total. The molecule has 0 saturated heterocycles. The summed E-state index contributed by atoms with van der Waals surface area (Å²) in [6.07, 6.45) is 0. The summed E-state index contributed by atoms with van der Waals surface area (Å²) in [7, 11) is 0. The molecule has 10 rings (SSSR count). The van der Waals surface area contributed by atoms with Gasteiger partial charge in [-0.05, 0) is 47.5 Å². The molecule has 10 aromatic rings. The molecular formula is C46H27N5O. The summed E-state index contributed by atoms with van der Waals surface area (Å²) in [6, 6.07) is 55.5. The van der Waals surface area contributed by atoms with Crippen LogP contribution in [-0.4, -0.2) is 19.5 Å². The van der Waals surface area contributed by atoms with Crippen LogP contribution in [0, 0.1) is 6.57 Å². The molecule has 3 heterocycles. The van der Waals surface area contributed by atoms with Crippen molar-refractivity contribution in [3.05, 3.63) is 175 Å². The Labute approximate surface area is 298 Å². The lowest BCUT2D eigenvalue weighted by Crippen LogP contribution is -2.00. The Hall–Kier alpha value is -7.36. The van der Waals surface area contributed by atoms with Gasteiger partial charge in [-0.25, -0.2) is 19.8 Å². The van der Waals surface area contributed by atoms with Crippen molar-refractivity contribution in [2.24, 2.45) is 0 Å². The minimum Gasteiger partial charge on any atom is -0.457 e. The van der Waals surface area contributed by atoms with E-state index in [1.807, 2.05) is 60.7 Å². The Morgan fingerprint density at radius 3 is 1.77 bits per heavy atom. The Bertz CT molecular complexity index is 3010. The van der Waals surface area contributed by atoms with Crippen molar-refractivity contribution >= 4 is 49.4 Å². The summed E-state index contributed by atoms with van der Waals surface area (Å²) in [6.45, 7) is 7.69. The van der Waals surface area contributed by atoms with Crippen LogP contribution in [0.25, 0.3) is 99.6 Å². The molecule has 52 heavy (non-hydrogen) atoms. The van der Waals surface area contributed by atoms with Gasteiger partial charge < -0.3 is 8.98 Å². The van der Waals surface area contributed by atoms with E-state index < -0.39 is 0 Å². The first-order valence-corrected chi connectivity index (χ1v) is 17.1. The molecule has 0 radical (unpaired) electrons. The molecule has 7 aromatic carbocycles. The second-order valence-electron chi connectivity index (χ2n) is 12.7. The van der Waals surface area contributed by atoms with E-state index in [0.29, 0.717) is 34.3 Å². The lowest BCUT2D eigenvalue weighted by atomic mass is 10.0. The van der Waals surface area contributed by atoms with Crippen molar-refractivity contribution in [2.45, 2.75) is 0 Å². The van der Waals surface area contributed by atoms with Gasteiger partial charge in [-0.15, -0.1) is 0 Å². The Balaban J connectivity index is 1.17. The molecule has 0 aliphatic rings. The Kier molecular flexibility index (Phi) is 6.76. The maximum atomic E-state index is 7.69. The highest BCUT2D eigenvalue weighted by molar-refractivity contribution is 6.12. The van der Waals surface area contributed by atoms with E-state index in [9.17, 15) is 0 Å². The van der Waals surface area contributed by atoms with Crippen LogP contribution in [0.3, 0.4) is 0 Å². The highest BCUT2D eigenvalue weighted by atomic mass is 16.3. The Morgan fingerprint density at radius 1 is 0.442 bits per heavy atom. The third kappa shape index (κ3) is 4.84. The normalized spacial score (nSPS) is 11.4. The molecule has 0 N–H and O–H groups in total. The summed E-state index contributed by atoms with van der Waals surface area (Å²) < 4.78 is 8.56. The lowest BCUT2D eigenvalue weighted by Gasteiger charge is -2.11. The molecule has 242 valence electrons. The van der Waals surface area contributed by atoms with E-state index in [4.69, 9.17) is 25.9 Å². The summed E-state index contributed by atoms with van der Waals surface area (Å²) in [4.78, 5) is 19.0. The molecule has 0 aliphatic carbocycles. The van der Waals surface area contributed by atoms with Gasteiger partial charge >= 0.3 is 0 Å². The average molecular weight is 666 g/mol. The van der Waals surface area contributed by atoms with E-state index in [1.54, 1.807) is 0 Å². The van der Waals surface area contributed by atoms with Crippen molar-refractivity contribution < 1.29 is 4.42 Å². The minimum atomic E-state index is 0.531. The molecule has 3 aromatic heterocycles. The number of hydrogen-bond acceptors (Lipinski definition) is 4. The van der Waals surface area contributed by atoms with Crippen LogP contribution in [0.1, 0.15) is 0 Å². The smallest absolute Gasteiger partial charge is 0.198 e. The molecule has 0 unspecified atom stereocenters. The first-order chi connectivity index (χ1) is 25.7. The van der Waals surface area contributed by atoms with Crippen LogP contribution >= 0.6 is 0 Å². The zero-order valence-corrected chi connectivity index (χ0v) is 27.7. The minimum absolute atomic E-state index is 0.531. The van der Waals surface area contributed by atoms with Gasteiger partial charge in [0.05, 0.1) is 17.6 Å². The monoisotopic (exact) mass is 665 g/mol. The van der Waals surface area contributed by atoms with E-state index >= 15 is 0 Å². The van der Waals surface area contributed by atoms with Gasteiger partial charge in [0.1, 0.15) is 11.2 Å². The highest BCUT2D eigenvalue weighted by Crippen LogP contribution is 2.38. The lowest BCUT2D eigenvalue weighted by molar-refractivity contribution is 0.669. The van der Waals surface area contributed by atoms with Gasteiger partial charge in [0, 0.05) is 43.9 Å². The predicted octanol–water partition coefficient (Wildman–Crippen LogP) is 12.1. The summed E-state index contributed by atoms with van der Waals surface area (Å²) >= 11 is 0. The maximum Gasteiger partial charge on any atom is 0.198 e. The van der Waals surface area contributed by atoms with Crippen LogP contribution in [-0.2, 0) is 0 Å². The van der Waals surface area contributed by atoms with Gasteiger partial charge in [0.15, 0.2) is 23.2 Å².